The summed E-state index contributed by atoms with van der Waals surface area (Å²) in [5.41, 5.74) is 0.934. The van der Waals surface area contributed by atoms with E-state index in [1.54, 1.807) is 35.9 Å². The summed E-state index contributed by atoms with van der Waals surface area (Å²) in [7, 11) is 1.63. The fourth-order valence-corrected chi connectivity index (χ4v) is 3.48. The van der Waals surface area contributed by atoms with Crippen LogP contribution in [0.15, 0.2) is 24.3 Å². The van der Waals surface area contributed by atoms with E-state index in [0.29, 0.717) is 25.8 Å². The Morgan fingerprint density at radius 2 is 1.96 bits per heavy atom. The fourth-order valence-electron chi connectivity index (χ4n) is 3.48. The molecule has 1 saturated heterocycles. The number of rotatable bonds is 8. The summed E-state index contributed by atoms with van der Waals surface area (Å²) >= 11 is 0. The number of carbonyl (C=O) groups is 3. The molecule has 1 aliphatic rings. The number of carbonyl (C=O) groups excluding carboxylic acids is 3. The SMILES string of the molecule is CCC[C@H]1C(=O)N(CCc2ccc(F)cc2)CC(N(C)C=O)N1C(=O)CC. The number of nitrogens with zero attached hydrogens (tertiary/aromatic N) is 3. The van der Waals surface area contributed by atoms with Crippen LogP contribution in [-0.4, -0.2) is 65.3 Å². The molecule has 1 fully saturated rings. The molecule has 0 aliphatic carbocycles. The standard InChI is InChI=1S/C20H28FN3O3/c1-4-6-17-20(27)23(12-11-15-7-9-16(21)10-8-15)13-18(22(3)14-25)24(17)19(26)5-2/h7-10,14,17-18H,4-6,11-13H2,1-3H3/t17-,18?/m0/s1. The van der Waals surface area contributed by atoms with Crippen LogP contribution in [0.5, 0.6) is 0 Å². The van der Waals surface area contributed by atoms with Crippen LogP contribution < -0.4 is 0 Å². The van der Waals surface area contributed by atoms with Gasteiger partial charge in [-0.2, -0.15) is 0 Å². The van der Waals surface area contributed by atoms with Crippen molar-refractivity contribution >= 4 is 18.2 Å². The number of benzene rings is 1. The third kappa shape index (κ3) is 4.84. The molecule has 1 unspecified atom stereocenters. The zero-order valence-electron chi connectivity index (χ0n) is 16.2. The molecule has 0 N–H and O–H groups in total. The van der Waals surface area contributed by atoms with Gasteiger partial charge in [0.25, 0.3) is 0 Å². The Kier molecular flexibility index (Phi) is 7.33. The Morgan fingerprint density at radius 1 is 1.30 bits per heavy atom. The van der Waals surface area contributed by atoms with Crippen molar-refractivity contribution in [2.24, 2.45) is 0 Å². The van der Waals surface area contributed by atoms with E-state index in [9.17, 15) is 18.8 Å². The Hall–Kier alpha value is -2.44. The first kappa shape index (κ1) is 20.9. The number of hydrogen-bond donors (Lipinski definition) is 0. The highest BCUT2D eigenvalue weighted by atomic mass is 19.1. The maximum Gasteiger partial charge on any atom is 0.245 e. The van der Waals surface area contributed by atoms with Crippen LogP contribution in [0.25, 0.3) is 0 Å². The first-order valence-corrected chi connectivity index (χ1v) is 9.44. The van der Waals surface area contributed by atoms with Gasteiger partial charge in [-0.15, -0.1) is 0 Å². The number of amides is 3. The molecule has 3 amide bonds. The summed E-state index contributed by atoms with van der Waals surface area (Å²) in [4.78, 5) is 41.7. The maximum atomic E-state index is 13.1. The Labute approximate surface area is 159 Å². The summed E-state index contributed by atoms with van der Waals surface area (Å²) < 4.78 is 13.1. The molecule has 2 rings (SSSR count). The lowest BCUT2D eigenvalue weighted by Gasteiger charge is -2.48. The average Bonchev–Trinajstić information content (AvgIpc) is 2.68. The topological polar surface area (TPSA) is 60.9 Å². The third-order valence-corrected chi connectivity index (χ3v) is 5.01. The van der Waals surface area contributed by atoms with Gasteiger partial charge in [0.1, 0.15) is 18.0 Å². The predicted octanol–water partition coefficient (Wildman–Crippen LogP) is 2.03. The molecule has 7 heteroatoms. The molecule has 6 nitrogen and oxygen atoms in total. The van der Waals surface area contributed by atoms with Crippen LogP contribution in [-0.2, 0) is 20.8 Å². The lowest BCUT2D eigenvalue weighted by atomic mass is 10.0. The molecular weight excluding hydrogens is 349 g/mol. The van der Waals surface area contributed by atoms with Gasteiger partial charge in [0.15, 0.2) is 0 Å². The Balaban J connectivity index is 2.22. The second-order valence-electron chi connectivity index (χ2n) is 6.87. The van der Waals surface area contributed by atoms with Crippen molar-refractivity contribution < 1.29 is 18.8 Å². The number of hydrogen-bond acceptors (Lipinski definition) is 3. The average molecular weight is 377 g/mol. The van der Waals surface area contributed by atoms with Gasteiger partial charge in [-0.1, -0.05) is 32.4 Å². The molecule has 0 radical (unpaired) electrons. The Bertz CT molecular complexity index is 665. The number of likely N-dealkylation sites (N-methyl/N-ethyl adjacent to an activating group) is 1. The zero-order valence-corrected chi connectivity index (χ0v) is 16.2. The molecule has 1 heterocycles. The molecule has 148 valence electrons. The number of piperazine rings is 1. The molecule has 0 aromatic heterocycles. The minimum absolute atomic E-state index is 0.0867. The van der Waals surface area contributed by atoms with E-state index >= 15 is 0 Å². The van der Waals surface area contributed by atoms with Gasteiger partial charge in [-0.25, -0.2) is 4.39 Å². The highest BCUT2D eigenvalue weighted by Crippen LogP contribution is 2.23. The highest BCUT2D eigenvalue weighted by molar-refractivity contribution is 5.89. The predicted molar refractivity (Wildman–Crippen MR) is 100 cm³/mol. The van der Waals surface area contributed by atoms with Gasteiger partial charge >= 0.3 is 0 Å². The minimum Gasteiger partial charge on any atom is -0.337 e. The zero-order chi connectivity index (χ0) is 20.0. The van der Waals surface area contributed by atoms with E-state index in [1.165, 1.54) is 17.0 Å². The molecule has 0 saturated carbocycles. The fraction of sp³-hybridized carbons (Fsp3) is 0.550. The summed E-state index contributed by atoms with van der Waals surface area (Å²) in [5.74, 6) is -0.507. The summed E-state index contributed by atoms with van der Waals surface area (Å²) in [5, 5.41) is 0. The van der Waals surface area contributed by atoms with Crippen LogP contribution >= 0.6 is 0 Å². The normalized spacial score (nSPS) is 19.9. The summed E-state index contributed by atoms with van der Waals surface area (Å²) in [6.45, 7) is 4.47. The van der Waals surface area contributed by atoms with Gasteiger partial charge in [-0.3, -0.25) is 14.4 Å². The summed E-state index contributed by atoms with van der Waals surface area (Å²) in [6.07, 6.45) is 2.40. The van der Waals surface area contributed by atoms with Gasteiger partial charge in [-0.05, 0) is 30.5 Å². The van der Waals surface area contributed by atoms with Crippen molar-refractivity contribution in [1.82, 2.24) is 14.7 Å². The van der Waals surface area contributed by atoms with E-state index < -0.39 is 12.2 Å². The van der Waals surface area contributed by atoms with E-state index in [2.05, 4.69) is 0 Å². The molecule has 1 aromatic rings. The van der Waals surface area contributed by atoms with E-state index in [4.69, 9.17) is 0 Å². The lowest BCUT2D eigenvalue weighted by molar-refractivity contribution is -0.164. The van der Waals surface area contributed by atoms with Gasteiger partial charge < -0.3 is 14.7 Å². The van der Waals surface area contributed by atoms with Crippen molar-refractivity contribution in [2.75, 3.05) is 20.1 Å². The second-order valence-corrected chi connectivity index (χ2v) is 6.87. The monoisotopic (exact) mass is 377 g/mol. The van der Waals surface area contributed by atoms with Crippen LogP contribution in [0.4, 0.5) is 4.39 Å². The van der Waals surface area contributed by atoms with E-state index in [-0.39, 0.29) is 30.6 Å². The number of halogens is 1. The smallest absolute Gasteiger partial charge is 0.245 e. The molecule has 1 aliphatic heterocycles. The van der Waals surface area contributed by atoms with Crippen LogP contribution in [0.1, 0.15) is 38.7 Å². The molecule has 2 atom stereocenters. The van der Waals surface area contributed by atoms with Crippen molar-refractivity contribution in [1.29, 1.82) is 0 Å². The molecular formula is C20H28FN3O3. The van der Waals surface area contributed by atoms with Crippen molar-refractivity contribution in [3.05, 3.63) is 35.6 Å². The van der Waals surface area contributed by atoms with Crippen molar-refractivity contribution in [3.8, 4) is 0 Å². The molecule has 0 spiro atoms. The van der Waals surface area contributed by atoms with E-state index in [0.717, 1.165) is 12.0 Å². The van der Waals surface area contributed by atoms with Crippen LogP contribution in [0.2, 0.25) is 0 Å². The largest absolute Gasteiger partial charge is 0.337 e. The van der Waals surface area contributed by atoms with Crippen molar-refractivity contribution in [2.45, 2.75) is 51.7 Å². The highest BCUT2D eigenvalue weighted by Gasteiger charge is 2.43. The van der Waals surface area contributed by atoms with Gasteiger partial charge in [0.05, 0.1) is 6.54 Å². The quantitative estimate of drug-likeness (QED) is 0.652. The van der Waals surface area contributed by atoms with Crippen LogP contribution in [0.3, 0.4) is 0 Å². The van der Waals surface area contributed by atoms with Crippen LogP contribution in [0, 0.1) is 5.82 Å². The lowest BCUT2D eigenvalue weighted by Crippen LogP contribution is -2.67. The molecule has 27 heavy (non-hydrogen) atoms. The first-order chi connectivity index (χ1) is 12.9. The summed E-state index contributed by atoms with van der Waals surface area (Å²) in [6, 6.07) is 5.65. The van der Waals surface area contributed by atoms with Crippen molar-refractivity contribution in [3.63, 3.8) is 0 Å². The maximum absolute atomic E-state index is 13.1. The minimum atomic E-state index is -0.559. The second kappa shape index (κ2) is 9.48. The first-order valence-electron chi connectivity index (χ1n) is 9.44. The third-order valence-electron chi connectivity index (χ3n) is 5.01. The van der Waals surface area contributed by atoms with Gasteiger partial charge in [0, 0.05) is 20.0 Å². The van der Waals surface area contributed by atoms with E-state index in [1.807, 2.05) is 6.92 Å². The Morgan fingerprint density at radius 3 is 2.52 bits per heavy atom. The molecule has 0 bridgehead atoms. The van der Waals surface area contributed by atoms with Gasteiger partial charge in [0.2, 0.25) is 18.2 Å². The molecule has 1 aromatic carbocycles.